The molecule has 32 heavy (non-hydrogen) atoms. The number of carbonyl (C=O) groups is 1. The fourth-order valence-electron chi connectivity index (χ4n) is 3.66. The van der Waals surface area contributed by atoms with Crippen LogP contribution in [0, 0.1) is 17.2 Å². The highest BCUT2D eigenvalue weighted by atomic mass is 32.1. The molecule has 4 rings (SSSR count). The van der Waals surface area contributed by atoms with Gasteiger partial charge in [-0.15, -0.1) is 0 Å². The van der Waals surface area contributed by atoms with Crippen LogP contribution in [0.4, 0.5) is 15.3 Å². The number of rotatable bonds is 7. The molecule has 1 N–H and O–H groups in total. The molecule has 1 aliphatic rings. The third-order valence-corrected chi connectivity index (χ3v) is 5.91. The van der Waals surface area contributed by atoms with Crippen molar-refractivity contribution < 1.29 is 13.9 Å². The monoisotopic (exact) mass is 454 g/mol. The Morgan fingerprint density at radius 2 is 2.34 bits per heavy atom. The van der Waals surface area contributed by atoms with E-state index in [1.54, 1.807) is 0 Å². The van der Waals surface area contributed by atoms with Crippen LogP contribution in [0.5, 0.6) is 5.88 Å². The quantitative estimate of drug-likeness (QED) is 0.545. The topological polar surface area (TPSA) is 96.1 Å². The average Bonchev–Trinajstić information content (AvgIpc) is 3.47. The zero-order valence-corrected chi connectivity index (χ0v) is 18.6. The summed E-state index contributed by atoms with van der Waals surface area (Å²) in [7, 11) is 0. The third-order valence-electron chi connectivity index (χ3n) is 5.09. The van der Waals surface area contributed by atoms with E-state index in [2.05, 4.69) is 46.3 Å². The molecular weight excluding hydrogens is 431 g/mol. The van der Waals surface area contributed by atoms with E-state index >= 15 is 0 Å². The number of likely N-dealkylation sites (tertiary alicyclic amines) is 1. The Labute approximate surface area is 188 Å². The summed E-state index contributed by atoms with van der Waals surface area (Å²) in [4.78, 5) is 22.5. The second kappa shape index (κ2) is 8.96. The number of amides is 1. The zero-order valence-electron chi connectivity index (χ0n) is 17.8. The lowest BCUT2D eigenvalue weighted by atomic mass is 10.2. The number of carbonyl (C=O) groups excluding carboxylic acids is 1. The molecule has 1 aliphatic heterocycles. The lowest BCUT2D eigenvalue weighted by Gasteiger charge is -2.17. The van der Waals surface area contributed by atoms with Crippen molar-refractivity contribution in [3.8, 4) is 11.9 Å². The Hall–Kier alpha value is -3.45. The van der Waals surface area contributed by atoms with Gasteiger partial charge in [-0.25, -0.2) is 9.37 Å². The Morgan fingerprint density at radius 1 is 1.53 bits per heavy atom. The van der Waals surface area contributed by atoms with Crippen LogP contribution in [0.25, 0.3) is 10.9 Å². The molecule has 0 spiro atoms. The van der Waals surface area contributed by atoms with E-state index in [4.69, 9.17) is 10.00 Å². The number of nitrogens with zero attached hydrogens (tertiary/aromatic N) is 5. The van der Waals surface area contributed by atoms with Gasteiger partial charge in [0.05, 0.1) is 30.2 Å². The van der Waals surface area contributed by atoms with E-state index < -0.39 is 12.3 Å². The smallest absolute Gasteiger partial charge is 0.246 e. The van der Waals surface area contributed by atoms with Crippen molar-refractivity contribution in [2.45, 2.75) is 32.7 Å². The number of halogens is 1. The van der Waals surface area contributed by atoms with Crippen LogP contribution in [-0.4, -0.2) is 50.7 Å². The van der Waals surface area contributed by atoms with Gasteiger partial charge in [0.15, 0.2) is 17.4 Å². The molecule has 166 valence electrons. The number of anilines is 2. The number of aromatic nitrogens is 3. The van der Waals surface area contributed by atoms with Crippen molar-refractivity contribution in [3.05, 3.63) is 42.1 Å². The van der Waals surface area contributed by atoms with Gasteiger partial charge < -0.3 is 19.5 Å². The summed E-state index contributed by atoms with van der Waals surface area (Å²) >= 11 is 1.21. The van der Waals surface area contributed by atoms with Gasteiger partial charge in [-0.2, -0.15) is 10.2 Å². The van der Waals surface area contributed by atoms with Crippen molar-refractivity contribution in [1.82, 2.24) is 19.4 Å². The molecule has 3 aromatic heterocycles. The summed E-state index contributed by atoms with van der Waals surface area (Å²) in [5, 5.41) is 13.4. The summed E-state index contributed by atoms with van der Waals surface area (Å²) < 4.78 is 22.8. The van der Waals surface area contributed by atoms with E-state index in [0.717, 1.165) is 17.4 Å². The molecule has 0 aliphatic carbocycles. The number of ether oxygens (including phenoxy) is 1. The summed E-state index contributed by atoms with van der Waals surface area (Å²) in [6.07, 6.45) is 2.45. The number of hydrogen-bond donors (Lipinski definition) is 1. The van der Waals surface area contributed by atoms with Gasteiger partial charge in [-0.3, -0.25) is 4.79 Å². The van der Waals surface area contributed by atoms with Gasteiger partial charge in [-0.05, 0) is 18.1 Å². The van der Waals surface area contributed by atoms with Crippen LogP contribution in [0.1, 0.15) is 18.7 Å². The third kappa shape index (κ3) is 4.43. The van der Waals surface area contributed by atoms with Gasteiger partial charge in [0.25, 0.3) is 0 Å². The molecule has 0 radical (unpaired) electrons. The van der Waals surface area contributed by atoms with E-state index in [1.165, 1.54) is 28.5 Å². The summed E-state index contributed by atoms with van der Waals surface area (Å²) in [6.45, 7) is 8.59. The Morgan fingerprint density at radius 3 is 3.03 bits per heavy atom. The Kier molecular flexibility index (Phi) is 6.10. The maximum Gasteiger partial charge on any atom is 0.246 e. The lowest BCUT2D eigenvalue weighted by Crippen LogP contribution is -2.30. The molecule has 1 amide bonds. The van der Waals surface area contributed by atoms with E-state index in [9.17, 15) is 9.18 Å². The molecule has 4 heterocycles. The number of nitrogens with one attached hydrogen (secondary N) is 1. The number of pyridine rings is 1. The first-order valence-electron chi connectivity index (χ1n) is 10.2. The minimum absolute atomic E-state index is 0.0407. The van der Waals surface area contributed by atoms with Gasteiger partial charge in [0, 0.05) is 18.8 Å². The average molecular weight is 455 g/mol. The normalized spacial score (nSPS) is 18.2. The first-order valence-corrected chi connectivity index (χ1v) is 11.0. The van der Waals surface area contributed by atoms with E-state index in [1.807, 2.05) is 18.3 Å². The Bertz CT molecular complexity index is 1200. The maximum absolute atomic E-state index is 14.6. The SMILES string of the molecule is C=CC(=O)N1C[C@H](F)[C@H](Oc2nc(Nc3ncc(C#N)s3)cc3c2ccn3CC(C)C)C1. The molecule has 3 aromatic rings. The largest absolute Gasteiger partial charge is 0.469 e. The number of fused-ring (bicyclic) bond motifs is 1. The minimum atomic E-state index is -1.33. The van der Waals surface area contributed by atoms with E-state index in [0.29, 0.717) is 21.7 Å². The van der Waals surface area contributed by atoms with Gasteiger partial charge in [0.2, 0.25) is 11.8 Å². The van der Waals surface area contributed by atoms with Crippen LogP contribution in [0.15, 0.2) is 37.2 Å². The number of nitriles is 1. The van der Waals surface area contributed by atoms with Crippen molar-refractivity contribution in [1.29, 1.82) is 5.26 Å². The highest BCUT2D eigenvalue weighted by Crippen LogP contribution is 2.32. The van der Waals surface area contributed by atoms with Gasteiger partial charge in [-0.1, -0.05) is 31.8 Å². The molecule has 0 saturated carbocycles. The molecule has 8 nitrogen and oxygen atoms in total. The van der Waals surface area contributed by atoms with Crippen LogP contribution in [0.2, 0.25) is 0 Å². The number of thiazole rings is 1. The summed E-state index contributed by atoms with van der Waals surface area (Å²) in [6, 6.07) is 5.84. The van der Waals surface area contributed by atoms with E-state index in [-0.39, 0.29) is 24.9 Å². The minimum Gasteiger partial charge on any atom is -0.469 e. The molecule has 0 unspecified atom stereocenters. The first kappa shape index (κ1) is 21.8. The van der Waals surface area contributed by atoms with Crippen LogP contribution >= 0.6 is 11.3 Å². The van der Waals surface area contributed by atoms with Crippen LogP contribution in [-0.2, 0) is 11.3 Å². The molecule has 2 atom stereocenters. The molecule has 0 aromatic carbocycles. The Balaban J connectivity index is 1.68. The standard InChI is InChI=1S/C22H23FN6O2S/c1-4-20(30)29-11-16(23)18(12-29)31-21-15-5-6-28(10-13(2)3)17(15)7-19(26-21)27-22-25-9-14(8-24)32-22/h4-7,9,13,16,18H,1,10-12H2,2-3H3,(H,25,26,27)/t16-,18+/m0/s1. The molecular formula is C22H23FN6O2S. The van der Waals surface area contributed by atoms with Crippen LogP contribution < -0.4 is 10.1 Å². The van der Waals surface area contributed by atoms with Gasteiger partial charge in [0.1, 0.15) is 16.8 Å². The maximum atomic E-state index is 14.6. The zero-order chi connectivity index (χ0) is 22.8. The highest BCUT2D eigenvalue weighted by Gasteiger charge is 2.37. The van der Waals surface area contributed by atoms with Crippen molar-refractivity contribution >= 4 is 39.1 Å². The second-order valence-electron chi connectivity index (χ2n) is 7.99. The highest BCUT2D eigenvalue weighted by molar-refractivity contribution is 7.16. The number of alkyl halides is 1. The molecule has 0 bridgehead atoms. The predicted molar refractivity (Wildman–Crippen MR) is 121 cm³/mol. The molecule has 1 fully saturated rings. The second-order valence-corrected chi connectivity index (χ2v) is 9.02. The molecule has 1 saturated heterocycles. The lowest BCUT2D eigenvalue weighted by molar-refractivity contribution is -0.125. The van der Waals surface area contributed by atoms with Crippen molar-refractivity contribution in [2.24, 2.45) is 5.92 Å². The fourth-order valence-corrected chi connectivity index (χ4v) is 4.28. The van der Waals surface area contributed by atoms with Gasteiger partial charge >= 0.3 is 0 Å². The van der Waals surface area contributed by atoms with Crippen LogP contribution in [0.3, 0.4) is 0 Å². The molecule has 10 heteroatoms. The first-order chi connectivity index (χ1) is 15.4. The predicted octanol–water partition coefficient (Wildman–Crippen LogP) is 3.88. The van der Waals surface area contributed by atoms with Crippen molar-refractivity contribution in [2.75, 3.05) is 18.4 Å². The summed E-state index contributed by atoms with van der Waals surface area (Å²) in [5.41, 5.74) is 0.885. The fraction of sp³-hybridized carbons (Fsp3) is 0.364. The van der Waals surface area contributed by atoms with Crippen molar-refractivity contribution in [3.63, 3.8) is 0 Å². The number of hydrogen-bond acceptors (Lipinski definition) is 7. The summed E-state index contributed by atoms with van der Waals surface area (Å²) in [5.74, 6) is 0.847.